The van der Waals surface area contributed by atoms with Crippen LogP contribution in [0.4, 0.5) is 0 Å². The maximum absolute atomic E-state index is 12.3. The SMILES string of the molecule is Cc1ccc(C(=O)N(C)Cc2cn[nH]c2)c(Br)c1. The molecule has 1 heterocycles. The maximum atomic E-state index is 12.3. The summed E-state index contributed by atoms with van der Waals surface area (Å²) in [5.74, 6) is -0.0110. The van der Waals surface area contributed by atoms with E-state index in [-0.39, 0.29) is 5.91 Å². The third-order valence-electron chi connectivity index (χ3n) is 2.68. The Morgan fingerprint density at radius 2 is 2.28 bits per heavy atom. The number of nitrogens with zero attached hydrogens (tertiary/aromatic N) is 2. The van der Waals surface area contributed by atoms with Crippen LogP contribution in [0.1, 0.15) is 21.5 Å². The van der Waals surface area contributed by atoms with Crippen LogP contribution in [0, 0.1) is 6.92 Å². The van der Waals surface area contributed by atoms with Crippen molar-refractivity contribution < 1.29 is 4.79 Å². The summed E-state index contributed by atoms with van der Waals surface area (Å²) in [5.41, 5.74) is 2.77. The van der Waals surface area contributed by atoms with Crippen molar-refractivity contribution in [2.24, 2.45) is 0 Å². The number of hydrogen-bond acceptors (Lipinski definition) is 2. The first kappa shape index (κ1) is 12.8. The molecule has 0 radical (unpaired) electrons. The number of aromatic nitrogens is 2. The van der Waals surface area contributed by atoms with Crippen LogP contribution in [0.25, 0.3) is 0 Å². The Balaban J connectivity index is 2.15. The van der Waals surface area contributed by atoms with Crippen LogP contribution in [0.3, 0.4) is 0 Å². The Morgan fingerprint density at radius 1 is 1.50 bits per heavy atom. The summed E-state index contributed by atoms with van der Waals surface area (Å²) in [5, 5.41) is 6.60. The van der Waals surface area contributed by atoms with E-state index in [1.54, 1.807) is 24.3 Å². The zero-order chi connectivity index (χ0) is 13.1. The van der Waals surface area contributed by atoms with E-state index in [9.17, 15) is 4.79 Å². The number of carbonyl (C=O) groups is 1. The van der Waals surface area contributed by atoms with Crippen molar-refractivity contribution in [3.63, 3.8) is 0 Å². The van der Waals surface area contributed by atoms with E-state index in [1.807, 2.05) is 25.1 Å². The van der Waals surface area contributed by atoms with E-state index in [4.69, 9.17) is 0 Å². The fourth-order valence-corrected chi connectivity index (χ4v) is 2.37. The second-order valence-electron chi connectivity index (χ2n) is 4.25. The number of benzene rings is 1. The minimum atomic E-state index is -0.0110. The molecule has 18 heavy (non-hydrogen) atoms. The highest BCUT2D eigenvalue weighted by Crippen LogP contribution is 2.20. The van der Waals surface area contributed by atoms with Gasteiger partial charge < -0.3 is 4.90 Å². The Bertz CT molecular complexity index is 551. The van der Waals surface area contributed by atoms with Crippen LogP contribution >= 0.6 is 15.9 Å². The third-order valence-corrected chi connectivity index (χ3v) is 3.33. The zero-order valence-electron chi connectivity index (χ0n) is 10.3. The van der Waals surface area contributed by atoms with Gasteiger partial charge in [0.15, 0.2) is 0 Å². The van der Waals surface area contributed by atoms with E-state index < -0.39 is 0 Å². The smallest absolute Gasteiger partial charge is 0.255 e. The van der Waals surface area contributed by atoms with E-state index in [1.165, 1.54) is 0 Å². The summed E-state index contributed by atoms with van der Waals surface area (Å²) in [6.45, 7) is 2.53. The molecule has 0 atom stereocenters. The molecule has 2 aromatic rings. The predicted molar refractivity (Wildman–Crippen MR) is 73.3 cm³/mol. The van der Waals surface area contributed by atoms with Gasteiger partial charge in [0, 0.05) is 29.8 Å². The molecule has 0 fully saturated rings. The van der Waals surface area contributed by atoms with Gasteiger partial charge in [-0.05, 0) is 40.5 Å². The van der Waals surface area contributed by atoms with E-state index in [0.717, 1.165) is 15.6 Å². The highest BCUT2D eigenvalue weighted by Gasteiger charge is 2.15. The number of carbonyl (C=O) groups excluding carboxylic acids is 1. The lowest BCUT2D eigenvalue weighted by Crippen LogP contribution is -2.26. The van der Waals surface area contributed by atoms with Crippen LogP contribution in [-0.2, 0) is 6.54 Å². The Labute approximate surface area is 114 Å². The molecule has 0 aliphatic heterocycles. The summed E-state index contributed by atoms with van der Waals surface area (Å²) in [4.78, 5) is 13.9. The molecule has 0 bridgehead atoms. The van der Waals surface area contributed by atoms with Gasteiger partial charge >= 0.3 is 0 Å². The third kappa shape index (κ3) is 2.79. The Hall–Kier alpha value is -1.62. The highest BCUT2D eigenvalue weighted by molar-refractivity contribution is 9.10. The Morgan fingerprint density at radius 3 is 2.89 bits per heavy atom. The van der Waals surface area contributed by atoms with Crippen molar-refractivity contribution in [3.8, 4) is 0 Å². The number of nitrogens with one attached hydrogen (secondary N) is 1. The summed E-state index contributed by atoms with van der Waals surface area (Å²) < 4.78 is 0.826. The predicted octanol–water partition coefficient (Wildman–Crippen LogP) is 2.75. The molecule has 1 aromatic carbocycles. The van der Waals surface area contributed by atoms with Gasteiger partial charge in [-0.15, -0.1) is 0 Å². The molecule has 4 nitrogen and oxygen atoms in total. The van der Waals surface area contributed by atoms with Gasteiger partial charge in [-0.3, -0.25) is 9.89 Å². The molecule has 94 valence electrons. The number of aryl methyl sites for hydroxylation is 1. The van der Waals surface area contributed by atoms with Crippen molar-refractivity contribution in [2.45, 2.75) is 13.5 Å². The number of amides is 1. The number of hydrogen-bond donors (Lipinski definition) is 1. The quantitative estimate of drug-likeness (QED) is 0.948. The molecule has 1 N–H and O–H groups in total. The van der Waals surface area contributed by atoms with Crippen LogP contribution in [0.5, 0.6) is 0 Å². The van der Waals surface area contributed by atoms with Gasteiger partial charge in [-0.25, -0.2) is 0 Å². The van der Waals surface area contributed by atoms with Crippen LogP contribution in [0.2, 0.25) is 0 Å². The van der Waals surface area contributed by atoms with Crippen molar-refractivity contribution in [3.05, 3.63) is 51.8 Å². The van der Waals surface area contributed by atoms with Gasteiger partial charge in [0.25, 0.3) is 5.91 Å². The monoisotopic (exact) mass is 307 g/mol. The van der Waals surface area contributed by atoms with E-state index in [2.05, 4.69) is 26.1 Å². The molecule has 0 saturated heterocycles. The fourth-order valence-electron chi connectivity index (χ4n) is 1.71. The highest BCUT2D eigenvalue weighted by atomic mass is 79.9. The maximum Gasteiger partial charge on any atom is 0.255 e. The average Bonchev–Trinajstić information content (AvgIpc) is 2.81. The van der Waals surface area contributed by atoms with Gasteiger partial charge in [-0.2, -0.15) is 5.10 Å². The molecule has 5 heteroatoms. The Kier molecular flexibility index (Phi) is 3.81. The molecular formula is C13H14BrN3O. The van der Waals surface area contributed by atoms with Crippen molar-refractivity contribution in [1.29, 1.82) is 0 Å². The molecule has 1 amide bonds. The second kappa shape index (κ2) is 5.35. The lowest BCUT2D eigenvalue weighted by molar-refractivity contribution is 0.0784. The number of halogens is 1. The summed E-state index contributed by atoms with van der Waals surface area (Å²) in [7, 11) is 1.78. The normalized spacial score (nSPS) is 10.4. The minimum absolute atomic E-state index is 0.0110. The van der Waals surface area contributed by atoms with Gasteiger partial charge in [0.05, 0.1) is 11.8 Å². The van der Waals surface area contributed by atoms with Crippen LogP contribution in [0.15, 0.2) is 35.1 Å². The lowest BCUT2D eigenvalue weighted by Gasteiger charge is -2.17. The van der Waals surface area contributed by atoms with E-state index >= 15 is 0 Å². The summed E-state index contributed by atoms with van der Waals surface area (Å²) in [6, 6.07) is 5.72. The van der Waals surface area contributed by atoms with Crippen molar-refractivity contribution >= 4 is 21.8 Å². The minimum Gasteiger partial charge on any atom is -0.337 e. The lowest BCUT2D eigenvalue weighted by atomic mass is 10.1. The first-order valence-corrected chi connectivity index (χ1v) is 6.36. The largest absolute Gasteiger partial charge is 0.337 e. The molecule has 0 aliphatic rings. The first-order valence-electron chi connectivity index (χ1n) is 5.57. The standard InChI is InChI=1S/C13H14BrN3O/c1-9-3-4-11(12(14)5-9)13(18)17(2)8-10-6-15-16-7-10/h3-7H,8H2,1-2H3,(H,15,16). The summed E-state index contributed by atoms with van der Waals surface area (Å²) >= 11 is 3.43. The van der Waals surface area contributed by atoms with Crippen molar-refractivity contribution in [1.82, 2.24) is 15.1 Å². The average molecular weight is 308 g/mol. The van der Waals surface area contributed by atoms with Gasteiger partial charge in [-0.1, -0.05) is 6.07 Å². The van der Waals surface area contributed by atoms with E-state index in [0.29, 0.717) is 12.1 Å². The fraction of sp³-hybridized carbons (Fsp3) is 0.231. The molecule has 1 aromatic heterocycles. The topological polar surface area (TPSA) is 49.0 Å². The second-order valence-corrected chi connectivity index (χ2v) is 5.11. The number of aromatic amines is 1. The zero-order valence-corrected chi connectivity index (χ0v) is 11.9. The van der Waals surface area contributed by atoms with Crippen LogP contribution < -0.4 is 0 Å². The number of rotatable bonds is 3. The molecule has 0 unspecified atom stereocenters. The number of H-pyrrole nitrogens is 1. The van der Waals surface area contributed by atoms with Crippen LogP contribution in [-0.4, -0.2) is 28.1 Å². The molecular weight excluding hydrogens is 294 g/mol. The van der Waals surface area contributed by atoms with Crippen molar-refractivity contribution in [2.75, 3.05) is 7.05 Å². The summed E-state index contributed by atoms with van der Waals surface area (Å²) in [6.07, 6.45) is 3.50. The molecule has 0 spiro atoms. The first-order chi connectivity index (χ1) is 8.58. The molecule has 0 saturated carbocycles. The molecule has 2 rings (SSSR count). The van der Waals surface area contributed by atoms with Gasteiger partial charge in [0.1, 0.15) is 0 Å². The molecule has 0 aliphatic carbocycles. The van der Waals surface area contributed by atoms with Gasteiger partial charge in [0.2, 0.25) is 0 Å².